The zero-order valence-corrected chi connectivity index (χ0v) is 14.7. The number of esters is 1. The fourth-order valence-electron chi connectivity index (χ4n) is 2.32. The summed E-state index contributed by atoms with van der Waals surface area (Å²) in [5.41, 5.74) is 3.29. The maximum Gasteiger partial charge on any atom is 0.339 e. The predicted molar refractivity (Wildman–Crippen MR) is 91.3 cm³/mol. The first kappa shape index (κ1) is 17.8. The van der Waals surface area contributed by atoms with Crippen molar-refractivity contribution in [2.75, 3.05) is 12.4 Å². The van der Waals surface area contributed by atoms with Crippen LogP contribution in [0, 0.1) is 13.8 Å². The molecule has 7 nitrogen and oxygen atoms in total. The Balaban J connectivity index is 2.10. The van der Waals surface area contributed by atoms with E-state index in [-0.39, 0.29) is 11.3 Å². The van der Waals surface area contributed by atoms with Crippen LogP contribution in [0.4, 0.5) is 10.5 Å². The van der Waals surface area contributed by atoms with Crippen molar-refractivity contribution in [2.24, 2.45) is 7.05 Å². The molecule has 0 unspecified atom stereocenters. The summed E-state index contributed by atoms with van der Waals surface area (Å²) in [4.78, 5) is 23.9. The van der Waals surface area contributed by atoms with Gasteiger partial charge in [-0.05, 0) is 32.0 Å². The zero-order valence-electron chi connectivity index (χ0n) is 13.9. The number of methoxy groups -OCH3 is 1. The van der Waals surface area contributed by atoms with Crippen LogP contribution in [0.15, 0.2) is 18.2 Å². The number of carbonyl (C=O) groups is 2. The molecule has 0 saturated heterocycles. The minimum absolute atomic E-state index is 0.228. The van der Waals surface area contributed by atoms with Crippen LogP contribution in [0.5, 0.6) is 0 Å². The summed E-state index contributed by atoms with van der Waals surface area (Å²) < 4.78 is 6.46. The van der Waals surface area contributed by atoms with Gasteiger partial charge in [0, 0.05) is 29.9 Å². The van der Waals surface area contributed by atoms with E-state index in [0.717, 1.165) is 17.0 Å². The number of anilines is 1. The third kappa shape index (κ3) is 3.86. The quantitative estimate of drug-likeness (QED) is 0.830. The molecule has 0 saturated carbocycles. The molecule has 0 aliphatic heterocycles. The third-order valence-corrected chi connectivity index (χ3v) is 3.95. The molecule has 0 aliphatic rings. The Labute approximate surface area is 144 Å². The predicted octanol–water partition coefficient (Wildman–Crippen LogP) is 2.80. The van der Waals surface area contributed by atoms with Crippen LogP contribution in [-0.2, 0) is 18.3 Å². The van der Waals surface area contributed by atoms with E-state index in [1.807, 2.05) is 20.9 Å². The lowest BCUT2D eigenvalue weighted by molar-refractivity contribution is 0.0602. The molecular formula is C16H19ClN4O3. The molecule has 2 aromatic rings. The van der Waals surface area contributed by atoms with Gasteiger partial charge < -0.3 is 15.4 Å². The SMILES string of the molecule is COC(=O)c1ccc(Cl)cc1NC(=O)NCc1c(C)nn(C)c1C. The Morgan fingerprint density at radius 3 is 2.62 bits per heavy atom. The molecular weight excluding hydrogens is 332 g/mol. The van der Waals surface area contributed by atoms with Gasteiger partial charge in [-0.3, -0.25) is 4.68 Å². The van der Waals surface area contributed by atoms with Crippen molar-refractivity contribution < 1.29 is 14.3 Å². The number of rotatable bonds is 4. The average Bonchev–Trinajstić information content (AvgIpc) is 2.77. The van der Waals surface area contributed by atoms with E-state index in [4.69, 9.17) is 16.3 Å². The molecule has 0 bridgehead atoms. The number of hydrogen-bond acceptors (Lipinski definition) is 4. The molecule has 1 aromatic heterocycles. The number of hydrogen-bond donors (Lipinski definition) is 2. The molecule has 0 atom stereocenters. The molecule has 1 aromatic carbocycles. The number of urea groups is 1. The number of nitrogens with one attached hydrogen (secondary N) is 2. The van der Waals surface area contributed by atoms with Crippen LogP contribution >= 0.6 is 11.6 Å². The Bertz CT molecular complexity index is 786. The van der Waals surface area contributed by atoms with Crippen molar-refractivity contribution in [3.63, 3.8) is 0 Å². The molecule has 2 amide bonds. The lowest BCUT2D eigenvalue weighted by Crippen LogP contribution is -2.29. The Morgan fingerprint density at radius 1 is 1.33 bits per heavy atom. The second-order valence-electron chi connectivity index (χ2n) is 5.26. The van der Waals surface area contributed by atoms with Crippen LogP contribution < -0.4 is 10.6 Å². The monoisotopic (exact) mass is 350 g/mol. The maximum absolute atomic E-state index is 12.1. The average molecular weight is 351 g/mol. The highest BCUT2D eigenvalue weighted by atomic mass is 35.5. The number of carbonyl (C=O) groups excluding carboxylic acids is 2. The van der Waals surface area contributed by atoms with Crippen LogP contribution in [-0.4, -0.2) is 28.9 Å². The maximum atomic E-state index is 12.1. The lowest BCUT2D eigenvalue weighted by atomic mass is 10.2. The first-order valence-corrected chi connectivity index (χ1v) is 7.63. The summed E-state index contributed by atoms with van der Waals surface area (Å²) in [7, 11) is 3.12. The topological polar surface area (TPSA) is 85.2 Å². The number of amides is 2. The summed E-state index contributed by atoms with van der Waals surface area (Å²) in [6, 6.07) is 4.09. The van der Waals surface area contributed by atoms with Crippen LogP contribution in [0.3, 0.4) is 0 Å². The Morgan fingerprint density at radius 2 is 2.04 bits per heavy atom. The summed E-state index contributed by atoms with van der Waals surface area (Å²) in [6.45, 7) is 4.14. The molecule has 24 heavy (non-hydrogen) atoms. The van der Waals surface area contributed by atoms with Crippen LogP contribution in [0.25, 0.3) is 0 Å². The normalized spacial score (nSPS) is 10.4. The second-order valence-corrected chi connectivity index (χ2v) is 5.70. The molecule has 2 N–H and O–H groups in total. The van der Waals surface area contributed by atoms with Crippen molar-refractivity contribution >= 4 is 29.3 Å². The van der Waals surface area contributed by atoms with Gasteiger partial charge in [0.1, 0.15) is 0 Å². The highest BCUT2D eigenvalue weighted by Gasteiger charge is 2.15. The Kier molecular flexibility index (Phi) is 5.46. The first-order valence-electron chi connectivity index (χ1n) is 7.25. The van der Waals surface area contributed by atoms with E-state index in [9.17, 15) is 9.59 Å². The first-order chi connectivity index (χ1) is 11.3. The highest BCUT2D eigenvalue weighted by molar-refractivity contribution is 6.31. The summed E-state index contributed by atoms with van der Waals surface area (Å²) in [6.07, 6.45) is 0. The van der Waals surface area contributed by atoms with Crippen molar-refractivity contribution in [1.82, 2.24) is 15.1 Å². The summed E-state index contributed by atoms with van der Waals surface area (Å²) in [5, 5.41) is 10.1. The van der Waals surface area contributed by atoms with Crippen LogP contribution in [0.1, 0.15) is 27.3 Å². The van der Waals surface area contributed by atoms with Crippen molar-refractivity contribution in [2.45, 2.75) is 20.4 Å². The number of benzene rings is 1. The van der Waals surface area contributed by atoms with Gasteiger partial charge in [-0.1, -0.05) is 11.6 Å². The number of aryl methyl sites for hydroxylation is 2. The molecule has 2 rings (SSSR count). The van der Waals surface area contributed by atoms with Gasteiger partial charge in [0.15, 0.2) is 0 Å². The lowest BCUT2D eigenvalue weighted by Gasteiger charge is -2.11. The number of aromatic nitrogens is 2. The van der Waals surface area contributed by atoms with Gasteiger partial charge >= 0.3 is 12.0 Å². The van der Waals surface area contributed by atoms with E-state index in [0.29, 0.717) is 11.6 Å². The fraction of sp³-hybridized carbons (Fsp3) is 0.312. The highest BCUT2D eigenvalue weighted by Crippen LogP contribution is 2.22. The van der Waals surface area contributed by atoms with Gasteiger partial charge in [0.25, 0.3) is 0 Å². The smallest absolute Gasteiger partial charge is 0.339 e. The number of ether oxygens (including phenoxy) is 1. The van der Waals surface area contributed by atoms with E-state index in [1.165, 1.54) is 19.2 Å². The largest absolute Gasteiger partial charge is 0.465 e. The van der Waals surface area contributed by atoms with Gasteiger partial charge in [-0.2, -0.15) is 5.10 Å². The summed E-state index contributed by atoms with van der Waals surface area (Å²) in [5.74, 6) is -0.555. The van der Waals surface area contributed by atoms with Crippen molar-refractivity contribution in [3.05, 3.63) is 45.7 Å². The number of halogens is 1. The van der Waals surface area contributed by atoms with Gasteiger partial charge in [-0.25, -0.2) is 9.59 Å². The molecule has 0 radical (unpaired) electrons. The fourth-order valence-corrected chi connectivity index (χ4v) is 2.49. The summed E-state index contributed by atoms with van der Waals surface area (Å²) >= 11 is 5.93. The second kappa shape index (κ2) is 7.35. The number of nitrogens with zero attached hydrogens (tertiary/aromatic N) is 2. The minimum atomic E-state index is -0.555. The van der Waals surface area contributed by atoms with E-state index in [1.54, 1.807) is 10.7 Å². The van der Waals surface area contributed by atoms with Gasteiger partial charge in [0.2, 0.25) is 0 Å². The molecule has 0 fully saturated rings. The molecule has 1 heterocycles. The third-order valence-electron chi connectivity index (χ3n) is 3.72. The van der Waals surface area contributed by atoms with E-state index < -0.39 is 12.0 Å². The standard InChI is InChI=1S/C16H19ClN4O3/c1-9-13(10(2)21(3)20-9)8-18-16(23)19-14-7-11(17)5-6-12(14)15(22)24-4/h5-7H,8H2,1-4H3,(H2,18,19,23). The minimum Gasteiger partial charge on any atom is -0.465 e. The Hall–Kier alpha value is -2.54. The van der Waals surface area contributed by atoms with Crippen molar-refractivity contribution in [3.8, 4) is 0 Å². The zero-order chi connectivity index (χ0) is 17.9. The molecule has 128 valence electrons. The van der Waals surface area contributed by atoms with Gasteiger partial charge in [-0.15, -0.1) is 0 Å². The molecule has 0 aliphatic carbocycles. The van der Waals surface area contributed by atoms with Crippen molar-refractivity contribution in [1.29, 1.82) is 0 Å². The van der Waals surface area contributed by atoms with E-state index >= 15 is 0 Å². The van der Waals surface area contributed by atoms with E-state index in [2.05, 4.69) is 15.7 Å². The van der Waals surface area contributed by atoms with Gasteiger partial charge in [0.05, 0.1) is 24.1 Å². The van der Waals surface area contributed by atoms with Crippen LogP contribution in [0.2, 0.25) is 5.02 Å². The molecule has 8 heteroatoms. The molecule has 0 spiro atoms.